The minimum atomic E-state index is 0.510. The normalized spacial score (nSPS) is 10.1. The van der Waals surface area contributed by atoms with Crippen LogP contribution in [0.3, 0.4) is 0 Å². The zero-order valence-electron chi connectivity index (χ0n) is 8.70. The first-order chi connectivity index (χ1) is 6.83. The van der Waals surface area contributed by atoms with Gasteiger partial charge in [-0.2, -0.15) is 4.98 Å². The molecule has 1 heterocycles. The van der Waals surface area contributed by atoms with Crippen molar-refractivity contribution in [3.05, 3.63) is 18.2 Å². The number of nitrogens with zero attached hydrogens (tertiary/aromatic N) is 1. The molecule has 0 atom stereocenters. The number of nitrogen functional groups attached to an aromatic ring is 1. The molecule has 0 aromatic carbocycles. The third-order valence-corrected chi connectivity index (χ3v) is 1.99. The molecule has 0 radical (unpaired) electrons. The van der Waals surface area contributed by atoms with Gasteiger partial charge in [0.15, 0.2) is 0 Å². The topological polar surface area (TPSA) is 48.1 Å². The molecular weight excluding hydrogens is 176 g/mol. The van der Waals surface area contributed by atoms with Crippen LogP contribution in [0.15, 0.2) is 18.2 Å². The van der Waals surface area contributed by atoms with Crippen LogP contribution in [-0.4, -0.2) is 11.6 Å². The van der Waals surface area contributed by atoms with E-state index in [1.165, 1.54) is 19.3 Å². The largest absolute Gasteiger partial charge is 0.478 e. The Balaban J connectivity index is 2.18. The summed E-state index contributed by atoms with van der Waals surface area (Å²) in [4.78, 5) is 4.05. The van der Waals surface area contributed by atoms with E-state index in [4.69, 9.17) is 10.5 Å². The van der Waals surface area contributed by atoms with Gasteiger partial charge in [0, 0.05) is 6.07 Å². The average Bonchev–Trinajstić information content (AvgIpc) is 2.18. The number of ether oxygens (including phenoxy) is 1. The first-order valence-corrected chi connectivity index (χ1v) is 5.18. The van der Waals surface area contributed by atoms with Gasteiger partial charge in [-0.05, 0) is 12.5 Å². The predicted molar refractivity (Wildman–Crippen MR) is 58.3 cm³/mol. The third kappa shape index (κ3) is 4.12. The molecule has 0 spiro atoms. The number of rotatable bonds is 6. The summed E-state index contributed by atoms with van der Waals surface area (Å²) < 4.78 is 5.44. The van der Waals surface area contributed by atoms with Crippen molar-refractivity contribution in [2.45, 2.75) is 32.6 Å². The molecule has 0 aliphatic rings. The highest BCUT2D eigenvalue weighted by Crippen LogP contribution is 2.09. The van der Waals surface area contributed by atoms with E-state index in [-0.39, 0.29) is 0 Å². The Kier molecular flexibility index (Phi) is 4.83. The van der Waals surface area contributed by atoms with Crippen molar-refractivity contribution < 1.29 is 4.74 Å². The molecule has 0 amide bonds. The Bertz CT molecular complexity index is 263. The summed E-state index contributed by atoms with van der Waals surface area (Å²) in [5.74, 6) is 1.14. The van der Waals surface area contributed by atoms with Crippen LogP contribution in [0.4, 0.5) is 5.82 Å². The number of unbranched alkanes of at least 4 members (excludes halogenated alkanes) is 3. The maximum Gasteiger partial charge on any atom is 0.215 e. The van der Waals surface area contributed by atoms with E-state index >= 15 is 0 Å². The lowest BCUT2D eigenvalue weighted by molar-refractivity contribution is 0.294. The van der Waals surface area contributed by atoms with Crippen LogP contribution in [0, 0.1) is 0 Å². The zero-order valence-corrected chi connectivity index (χ0v) is 8.70. The average molecular weight is 194 g/mol. The fourth-order valence-electron chi connectivity index (χ4n) is 1.22. The van der Waals surface area contributed by atoms with E-state index in [1.54, 1.807) is 6.07 Å². The van der Waals surface area contributed by atoms with E-state index in [2.05, 4.69) is 11.9 Å². The third-order valence-electron chi connectivity index (χ3n) is 1.99. The molecule has 0 saturated heterocycles. The van der Waals surface area contributed by atoms with Gasteiger partial charge in [0.2, 0.25) is 5.88 Å². The molecule has 1 aromatic heterocycles. The molecule has 0 fully saturated rings. The maximum absolute atomic E-state index is 5.52. The zero-order chi connectivity index (χ0) is 10.2. The summed E-state index contributed by atoms with van der Waals surface area (Å²) in [6, 6.07) is 5.43. The van der Waals surface area contributed by atoms with Gasteiger partial charge in [0.1, 0.15) is 5.82 Å². The minimum absolute atomic E-state index is 0.510. The lowest BCUT2D eigenvalue weighted by atomic mass is 10.2. The van der Waals surface area contributed by atoms with E-state index in [9.17, 15) is 0 Å². The fourth-order valence-corrected chi connectivity index (χ4v) is 1.22. The molecule has 2 N–H and O–H groups in total. The van der Waals surface area contributed by atoms with Crippen molar-refractivity contribution in [3.63, 3.8) is 0 Å². The summed E-state index contributed by atoms with van der Waals surface area (Å²) in [7, 11) is 0. The number of anilines is 1. The molecule has 14 heavy (non-hydrogen) atoms. The van der Waals surface area contributed by atoms with Crippen LogP contribution in [0.5, 0.6) is 5.88 Å². The summed E-state index contributed by atoms with van der Waals surface area (Å²) in [5, 5.41) is 0. The molecule has 0 aliphatic heterocycles. The monoisotopic (exact) mass is 194 g/mol. The Hall–Kier alpha value is -1.25. The predicted octanol–water partition coefficient (Wildman–Crippen LogP) is 2.62. The van der Waals surface area contributed by atoms with Gasteiger partial charge in [-0.25, -0.2) is 0 Å². The Morgan fingerprint density at radius 3 is 2.86 bits per heavy atom. The van der Waals surface area contributed by atoms with E-state index in [0.29, 0.717) is 11.7 Å². The van der Waals surface area contributed by atoms with Crippen molar-refractivity contribution in [2.24, 2.45) is 0 Å². The molecule has 0 unspecified atom stereocenters. The molecule has 3 nitrogen and oxygen atoms in total. The quantitative estimate of drug-likeness (QED) is 0.708. The van der Waals surface area contributed by atoms with E-state index < -0.39 is 0 Å². The van der Waals surface area contributed by atoms with Crippen molar-refractivity contribution in [1.29, 1.82) is 0 Å². The van der Waals surface area contributed by atoms with Crippen LogP contribution in [0.1, 0.15) is 32.6 Å². The lowest BCUT2D eigenvalue weighted by Gasteiger charge is -2.04. The molecule has 78 valence electrons. The summed E-state index contributed by atoms with van der Waals surface area (Å²) in [6.07, 6.45) is 4.83. The van der Waals surface area contributed by atoms with Crippen LogP contribution in [-0.2, 0) is 0 Å². The standard InChI is InChI=1S/C11H18N2O/c1-2-3-4-5-9-14-11-8-6-7-10(12)13-11/h6-8H,2-5,9H2,1H3,(H2,12,13). The maximum atomic E-state index is 5.52. The van der Waals surface area contributed by atoms with Crippen molar-refractivity contribution in [1.82, 2.24) is 4.98 Å². The van der Waals surface area contributed by atoms with Gasteiger partial charge in [0.25, 0.3) is 0 Å². The molecule has 0 aliphatic carbocycles. The molecule has 0 saturated carbocycles. The number of aromatic nitrogens is 1. The van der Waals surface area contributed by atoms with Crippen molar-refractivity contribution in [3.8, 4) is 5.88 Å². The second kappa shape index (κ2) is 6.24. The van der Waals surface area contributed by atoms with E-state index in [0.717, 1.165) is 13.0 Å². The highest BCUT2D eigenvalue weighted by molar-refractivity contribution is 5.30. The Labute approximate surface area is 85.3 Å². The smallest absolute Gasteiger partial charge is 0.215 e. The number of nitrogens with two attached hydrogens (primary N) is 1. The van der Waals surface area contributed by atoms with Gasteiger partial charge < -0.3 is 10.5 Å². The molecule has 0 bridgehead atoms. The second-order valence-corrected chi connectivity index (χ2v) is 3.31. The first-order valence-electron chi connectivity index (χ1n) is 5.18. The van der Waals surface area contributed by atoms with Crippen LogP contribution in [0.25, 0.3) is 0 Å². The second-order valence-electron chi connectivity index (χ2n) is 3.31. The Morgan fingerprint density at radius 1 is 1.29 bits per heavy atom. The first kappa shape index (κ1) is 10.8. The highest BCUT2D eigenvalue weighted by atomic mass is 16.5. The minimum Gasteiger partial charge on any atom is -0.478 e. The highest BCUT2D eigenvalue weighted by Gasteiger charge is 1.95. The van der Waals surface area contributed by atoms with Crippen LogP contribution < -0.4 is 10.5 Å². The molecule has 3 heteroatoms. The summed E-state index contributed by atoms with van der Waals surface area (Å²) in [5.41, 5.74) is 5.52. The van der Waals surface area contributed by atoms with Gasteiger partial charge in [-0.3, -0.25) is 0 Å². The lowest BCUT2D eigenvalue weighted by Crippen LogP contribution is -2.00. The fraction of sp³-hybridized carbons (Fsp3) is 0.545. The van der Waals surface area contributed by atoms with Gasteiger partial charge in [0.05, 0.1) is 6.61 Å². The molecule has 1 aromatic rings. The molecule has 1 rings (SSSR count). The van der Waals surface area contributed by atoms with Gasteiger partial charge in [-0.1, -0.05) is 32.3 Å². The Morgan fingerprint density at radius 2 is 2.14 bits per heavy atom. The number of hydrogen-bond acceptors (Lipinski definition) is 3. The van der Waals surface area contributed by atoms with Crippen molar-refractivity contribution >= 4 is 5.82 Å². The van der Waals surface area contributed by atoms with Crippen molar-refractivity contribution in [2.75, 3.05) is 12.3 Å². The molecular formula is C11H18N2O. The van der Waals surface area contributed by atoms with Gasteiger partial charge in [-0.15, -0.1) is 0 Å². The van der Waals surface area contributed by atoms with Crippen LogP contribution >= 0.6 is 0 Å². The van der Waals surface area contributed by atoms with Gasteiger partial charge >= 0.3 is 0 Å². The SMILES string of the molecule is CCCCCCOc1cccc(N)n1. The summed E-state index contributed by atoms with van der Waals surface area (Å²) >= 11 is 0. The number of hydrogen-bond donors (Lipinski definition) is 1. The van der Waals surface area contributed by atoms with Crippen LogP contribution in [0.2, 0.25) is 0 Å². The van der Waals surface area contributed by atoms with E-state index in [1.807, 2.05) is 12.1 Å². The summed E-state index contributed by atoms with van der Waals surface area (Å²) in [6.45, 7) is 2.93. The number of pyridine rings is 1.